The Balaban J connectivity index is 1.39. The molecule has 0 unspecified atom stereocenters. The Bertz CT molecular complexity index is 1050. The molecule has 2 saturated heterocycles. The maximum atomic E-state index is 13.0. The summed E-state index contributed by atoms with van der Waals surface area (Å²) in [5.41, 5.74) is 2.83. The first-order valence-electron chi connectivity index (χ1n) is 10.2. The first-order valence-corrected chi connectivity index (χ1v) is 10.2. The Kier molecular flexibility index (Phi) is 4.64. The van der Waals surface area contributed by atoms with E-state index in [2.05, 4.69) is 5.10 Å². The van der Waals surface area contributed by atoms with E-state index < -0.39 is 5.92 Å². The monoisotopic (exact) mass is 389 g/mol. The average Bonchev–Trinajstić information content (AvgIpc) is 3.31. The van der Waals surface area contributed by atoms with Gasteiger partial charge in [-0.3, -0.25) is 14.5 Å². The van der Waals surface area contributed by atoms with E-state index >= 15 is 0 Å². The SMILES string of the molecule is O=C1C[C@@H](c2ccc3c(cnn3[C@H]3CCCCO3)c2)C(=O)N1Cc1ccccc1. The molecular formula is C23H23N3O3. The molecule has 2 aromatic carbocycles. The fourth-order valence-electron chi connectivity index (χ4n) is 4.31. The van der Waals surface area contributed by atoms with Gasteiger partial charge in [-0.05, 0) is 42.5 Å². The third-order valence-electron chi connectivity index (χ3n) is 5.88. The molecule has 148 valence electrons. The first-order chi connectivity index (χ1) is 14.2. The van der Waals surface area contributed by atoms with Gasteiger partial charge in [-0.25, -0.2) is 4.68 Å². The van der Waals surface area contributed by atoms with E-state index in [1.807, 2.05) is 59.4 Å². The highest BCUT2D eigenvalue weighted by Crippen LogP contribution is 2.33. The van der Waals surface area contributed by atoms with Crippen LogP contribution in [0.4, 0.5) is 0 Å². The van der Waals surface area contributed by atoms with Crippen LogP contribution >= 0.6 is 0 Å². The van der Waals surface area contributed by atoms with E-state index in [-0.39, 0.29) is 24.5 Å². The van der Waals surface area contributed by atoms with Crippen LogP contribution in [0.1, 0.15) is 49.0 Å². The van der Waals surface area contributed by atoms with Gasteiger partial charge in [-0.1, -0.05) is 36.4 Å². The summed E-state index contributed by atoms with van der Waals surface area (Å²) in [5, 5.41) is 5.49. The zero-order valence-electron chi connectivity index (χ0n) is 16.2. The molecule has 6 heteroatoms. The molecule has 3 aromatic rings. The zero-order chi connectivity index (χ0) is 19.8. The molecule has 1 aromatic heterocycles. The van der Waals surface area contributed by atoms with Crippen molar-refractivity contribution in [2.75, 3.05) is 6.61 Å². The number of likely N-dealkylation sites (tertiary alicyclic amines) is 1. The number of rotatable bonds is 4. The van der Waals surface area contributed by atoms with Crippen LogP contribution in [0.2, 0.25) is 0 Å². The molecule has 0 spiro atoms. The van der Waals surface area contributed by atoms with Crippen LogP contribution in [0.5, 0.6) is 0 Å². The Morgan fingerprint density at radius 1 is 1.07 bits per heavy atom. The number of carbonyl (C=O) groups is 2. The van der Waals surface area contributed by atoms with E-state index in [1.165, 1.54) is 4.90 Å². The van der Waals surface area contributed by atoms with Gasteiger partial charge in [0.25, 0.3) is 0 Å². The number of aromatic nitrogens is 2. The molecule has 29 heavy (non-hydrogen) atoms. The molecular weight excluding hydrogens is 366 g/mol. The Hall–Kier alpha value is -2.99. The van der Waals surface area contributed by atoms with Gasteiger partial charge in [0, 0.05) is 18.4 Å². The summed E-state index contributed by atoms with van der Waals surface area (Å²) in [7, 11) is 0. The maximum Gasteiger partial charge on any atom is 0.237 e. The minimum atomic E-state index is -0.426. The van der Waals surface area contributed by atoms with Crippen LogP contribution in [0.25, 0.3) is 10.9 Å². The topological polar surface area (TPSA) is 64.4 Å². The highest BCUT2D eigenvalue weighted by molar-refractivity contribution is 6.06. The van der Waals surface area contributed by atoms with Gasteiger partial charge < -0.3 is 4.74 Å². The van der Waals surface area contributed by atoms with Crippen molar-refractivity contribution in [2.45, 2.75) is 44.4 Å². The lowest BCUT2D eigenvalue weighted by Gasteiger charge is -2.23. The van der Waals surface area contributed by atoms with Gasteiger partial charge in [0.2, 0.25) is 11.8 Å². The molecule has 0 radical (unpaired) electrons. The fourth-order valence-corrected chi connectivity index (χ4v) is 4.31. The molecule has 2 aliphatic rings. The van der Waals surface area contributed by atoms with Crippen molar-refractivity contribution in [1.82, 2.24) is 14.7 Å². The van der Waals surface area contributed by atoms with Gasteiger partial charge in [-0.2, -0.15) is 5.10 Å². The van der Waals surface area contributed by atoms with Gasteiger partial charge in [-0.15, -0.1) is 0 Å². The molecule has 3 heterocycles. The lowest BCUT2D eigenvalue weighted by atomic mass is 9.96. The summed E-state index contributed by atoms with van der Waals surface area (Å²) >= 11 is 0. The fraction of sp³-hybridized carbons (Fsp3) is 0.348. The van der Waals surface area contributed by atoms with Crippen molar-refractivity contribution < 1.29 is 14.3 Å². The van der Waals surface area contributed by atoms with Gasteiger partial charge in [0.15, 0.2) is 6.23 Å². The number of imide groups is 1. The molecule has 6 nitrogen and oxygen atoms in total. The predicted molar refractivity (Wildman–Crippen MR) is 108 cm³/mol. The normalized spacial score (nSPS) is 22.6. The molecule has 5 rings (SSSR count). The summed E-state index contributed by atoms with van der Waals surface area (Å²) in [5.74, 6) is -0.665. The quantitative estimate of drug-likeness (QED) is 0.637. The van der Waals surface area contributed by atoms with Crippen molar-refractivity contribution in [3.05, 3.63) is 65.9 Å². The van der Waals surface area contributed by atoms with Crippen LogP contribution in [0.15, 0.2) is 54.7 Å². The molecule has 2 aliphatic heterocycles. The summed E-state index contributed by atoms with van der Waals surface area (Å²) in [6.45, 7) is 1.09. The lowest BCUT2D eigenvalue weighted by Crippen LogP contribution is -2.29. The maximum absolute atomic E-state index is 13.0. The number of fused-ring (bicyclic) bond motifs is 1. The molecule has 2 amide bonds. The molecule has 0 N–H and O–H groups in total. The zero-order valence-corrected chi connectivity index (χ0v) is 16.2. The standard InChI is InChI=1S/C23H23N3O3/c27-21-13-19(23(28)25(21)15-16-6-2-1-3-7-16)17-9-10-20-18(12-17)14-24-26(20)22-8-4-5-11-29-22/h1-3,6-7,9-10,12,14,19,22H,4-5,8,11,13,15H2/t19-,22+/m0/s1. The minimum Gasteiger partial charge on any atom is -0.356 e. The molecule has 0 aliphatic carbocycles. The van der Waals surface area contributed by atoms with Gasteiger partial charge in [0.05, 0.1) is 24.2 Å². The second kappa shape index (κ2) is 7.44. The van der Waals surface area contributed by atoms with Crippen molar-refractivity contribution in [3.8, 4) is 0 Å². The third-order valence-corrected chi connectivity index (χ3v) is 5.88. The summed E-state index contributed by atoms with van der Waals surface area (Å²) in [6.07, 6.45) is 5.21. The molecule has 0 bridgehead atoms. The van der Waals surface area contributed by atoms with E-state index in [4.69, 9.17) is 4.74 Å². The van der Waals surface area contributed by atoms with Crippen LogP contribution in [-0.4, -0.2) is 33.1 Å². The lowest BCUT2D eigenvalue weighted by molar-refractivity contribution is -0.139. The van der Waals surface area contributed by atoms with Gasteiger partial charge in [0.1, 0.15) is 0 Å². The largest absolute Gasteiger partial charge is 0.356 e. The predicted octanol–water partition coefficient (Wildman–Crippen LogP) is 3.78. The number of hydrogen-bond acceptors (Lipinski definition) is 4. The molecule has 2 atom stereocenters. The van der Waals surface area contributed by atoms with E-state index in [1.54, 1.807) is 0 Å². The average molecular weight is 389 g/mol. The molecule has 0 saturated carbocycles. The van der Waals surface area contributed by atoms with Gasteiger partial charge >= 0.3 is 0 Å². The molecule has 2 fully saturated rings. The van der Waals surface area contributed by atoms with Crippen molar-refractivity contribution in [3.63, 3.8) is 0 Å². The van der Waals surface area contributed by atoms with Crippen molar-refractivity contribution in [2.24, 2.45) is 0 Å². The number of ether oxygens (including phenoxy) is 1. The summed E-state index contributed by atoms with van der Waals surface area (Å²) in [4.78, 5) is 26.9. The van der Waals surface area contributed by atoms with Crippen LogP contribution in [0, 0.1) is 0 Å². The van der Waals surface area contributed by atoms with Crippen molar-refractivity contribution >= 4 is 22.7 Å². The Morgan fingerprint density at radius 3 is 2.72 bits per heavy atom. The van der Waals surface area contributed by atoms with E-state index in [0.29, 0.717) is 6.54 Å². The first kappa shape index (κ1) is 18.1. The van der Waals surface area contributed by atoms with E-state index in [9.17, 15) is 9.59 Å². The minimum absolute atomic E-state index is 0.0249. The number of hydrogen-bond donors (Lipinski definition) is 0. The second-order valence-corrected chi connectivity index (χ2v) is 7.79. The summed E-state index contributed by atoms with van der Waals surface area (Å²) in [6, 6.07) is 15.6. The highest BCUT2D eigenvalue weighted by Gasteiger charge is 2.39. The Morgan fingerprint density at radius 2 is 1.93 bits per heavy atom. The number of benzene rings is 2. The van der Waals surface area contributed by atoms with Crippen LogP contribution < -0.4 is 0 Å². The number of carbonyl (C=O) groups excluding carboxylic acids is 2. The van der Waals surface area contributed by atoms with Crippen LogP contribution in [0.3, 0.4) is 0 Å². The smallest absolute Gasteiger partial charge is 0.237 e. The second-order valence-electron chi connectivity index (χ2n) is 7.79. The highest BCUT2D eigenvalue weighted by atomic mass is 16.5. The van der Waals surface area contributed by atoms with Crippen LogP contribution in [-0.2, 0) is 20.9 Å². The number of amides is 2. The van der Waals surface area contributed by atoms with E-state index in [0.717, 1.165) is 47.9 Å². The summed E-state index contributed by atoms with van der Waals surface area (Å²) < 4.78 is 7.79. The Labute approximate surface area is 169 Å². The van der Waals surface area contributed by atoms with Crippen molar-refractivity contribution in [1.29, 1.82) is 0 Å². The third kappa shape index (κ3) is 3.34. The number of nitrogens with zero attached hydrogens (tertiary/aromatic N) is 3.